The molecule has 1 unspecified atom stereocenters. The summed E-state index contributed by atoms with van der Waals surface area (Å²) in [6.45, 7) is 6.02. The van der Waals surface area contributed by atoms with Gasteiger partial charge in [0.1, 0.15) is 0 Å². The standard InChI is InChI=1S/C15H19N7O/c1-10-3-4-13-18-19-14(22(13)20-10)12-5-7-21(8-6-12)11(2)15-16-9-17-23-15/h3-4,9,11-12H,5-8H2,1-2H3. The molecule has 0 saturated carbocycles. The maximum Gasteiger partial charge on any atom is 0.243 e. The second-order valence-electron chi connectivity index (χ2n) is 6.07. The highest BCUT2D eigenvalue weighted by molar-refractivity contribution is 5.36. The van der Waals surface area contributed by atoms with Gasteiger partial charge in [0.05, 0.1) is 11.7 Å². The van der Waals surface area contributed by atoms with Crippen molar-refractivity contribution in [2.45, 2.75) is 38.6 Å². The highest BCUT2D eigenvalue weighted by atomic mass is 16.5. The van der Waals surface area contributed by atoms with Crippen LogP contribution in [0.1, 0.15) is 49.1 Å². The van der Waals surface area contributed by atoms with Crippen molar-refractivity contribution in [1.29, 1.82) is 0 Å². The van der Waals surface area contributed by atoms with E-state index in [1.807, 2.05) is 23.6 Å². The quantitative estimate of drug-likeness (QED) is 0.728. The van der Waals surface area contributed by atoms with Gasteiger partial charge in [-0.15, -0.1) is 10.2 Å². The Morgan fingerprint density at radius 3 is 2.78 bits per heavy atom. The Bertz CT molecular complexity index is 789. The average Bonchev–Trinajstić information content (AvgIpc) is 3.24. The van der Waals surface area contributed by atoms with Gasteiger partial charge in [-0.25, -0.2) is 0 Å². The minimum absolute atomic E-state index is 0.147. The van der Waals surface area contributed by atoms with Crippen molar-refractivity contribution >= 4 is 5.65 Å². The predicted molar refractivity (Wildman–Crippen MR) is 81.8 cm³/mol. The SMILES string of the molecule is Cc1ccc2nnc(C3CCN(C(C)c4ncno4)CC3)n2n1. The van der Waals surface area contributed by atoms with Gasteiger partial charge in [0, 0.05) is 5.92 Å². The van der Waals surface area contributed by atoms with Gasteiger partial charge in [-0.05, 0) is 51.9 Å². The number of rotatable bonds is 3. The van der Waals surface area contributed by atoms with E-state index in [0.717, 1.165) is 43.1 Å². The molecule has 0 spiro atoms. The molecule has 3 aromatic heterocycles. The summed E-state index contributed by atoms with van der Waals surface area (Å²) >= 11 is 0. The summed E-state index contributed by atoms with van der Waals surface area (Å²) in [6, 6.07) is 4.07. The van der Waals surface area contributed by atoms with Gasteiger partial charge in [-0.2, -0.15) is 14.6 Å². The summed E-state index contributed by atoms with van der Waals surface area (Å²) in [5.74, 6) is 2.02. The molecule has 8 heteroatoms. The van der Waals surface area contributed by atoms with Gasteiger partial charge in [0.25, 0.3) is 0 Å². The van der Waals surface area contributed by atoms with Gasteiger partial charge in [-0.1, -0.05) is 5.16 Å². The van der Waals surface area contributed by atoms with E-state index in [1.54, 1.807) is 0 Å². The van der Waals surface area contributed by atoms with Crippen molar-refractivity contribution in [3.63, 3.8) is 0 Å². The molecular weight excluding hydrogens is 294 g/mol. The van der Waals surface area contributed by atoms with E-state index in [-0.39, 0.29) is 6.04 Å². The van der Waals surface area contributed by atoms with Crippen LogP contribution in [0.3, 0.4) is 0 Å². The van der Waals surface area contributed by atoms with E-state index in [0.29, 0.717) is 11.8 Å². The van der Waals surface area contributed by atoms with Crippen LogP contribution in [0.5, 0.6) is 0 Å². The number of nitrogens with zero attached hydrogens (tertiary/aromatic N) is 7. The van der Waals surface area contributed by atoms with Crippen molar-refractivity contribution in [2.75, 3.05) is 13.1 Å². The zero-order chi connectivity index (χ0) is 15.8. The Morgan fingerprint density at radius 1 is 1.22 bits per heavy atom. The van der Waals surface area contributed by atoms with Gasteiger partial charge >= 0.3 is 0 Å². The van der Waals surface area contributed by atoms with Crippen LogP contribution in [-0.4, -0.2) is 47.9 Å². The fourth-order valence-corrected chi connectivity index (χ4v) is 3.22. The summed E-state index contributed by atoms with van der Waals surface area (Å²) in [5, 5.41) is 16.8. The number of piperidine rings is 1. The molecule has 1 saturated heterocycles. The summed E-state index contributed by atoms with van der Waals surface area (Å²) in [5.41, 5.74) is 1.79. The fraction of sp³-hybridized carbons (Fsp3) is 0.533. The number of aromatic nitrogens is 6. The molecule has 1 fully saturated rings. The molecule has 0 N–H and O–H groups in total. The highest BCUT2D eigenvalue weighted by Crippen LogP contribution is 2.30. The lowest BCUT2D eigenvalue weighted by molar-refractivity contribution is 0.134. The van der Waals surface area contributed by atoms with E-state index in [9.17, 15) is 0 Å². The van der Waals surface area contributed by atoms with Crippen molar-refractivity contribution in [3.8, 4) is 0 Å². The summed E-state index contributed by atoms with van der Waals surface area (Å²) < 4.78 is 7.07. The first-order valence-corrected chi connectivity index (χ1v) is 7.92. The van der Waals surface area contributed by atoms with E-state index >= 15 is 0 Å². The molecule has 120 valence electrons. The molecule has 0 radical (unpaired) electrons. The smallest absolute Gasteiger partial charge is 0.243 e. The molecule has 4 heterocycles. The molecule has 1 aliphatic heterocycles. The minimum Gasteiger partial charge on any atom is -0.338 e. The Hall–Kier alpha value is -2.35. The molecule has 0 aromatic carbocycles. The normalized spacial score (nSPS) is 18.5. The molecule has 1 atom stereocenters. The van der Waals surface area contributed by atoms with Gasteiger partial charge in [0.2, 0.25) is 5.89 Å². The van der Waals surface area contributed by atoms with Gasteiger partial charge < -0.3 is 4.52 Å². The zero-order valence-corrected chi connectivity index (χ0v) is 13.3. The molecular formula is C15H19N7O. The molecule has 0 bridgehead atoms. The van der Waals surface area contributed by atoms with Crippen LogP contribution >= 0.6 is 0 Å². The molecule has 8 nitrogen and oxygen atoms in total. The van der Waals surface area contributed by atoms with Crippen molar-refractivity contribution < 1.29 is 4.52 Å². The lowest BCUT2D eigenvalue weighted by atomic mass is 9.95. The third-order valence-corrected chi connectivity index (χ3v) is 4.60. The molecule has 1 aliphatic rings. The number of hydrogen-bond donors (Lipinski definition) is 0. The zero-order valence-electron chi connectivity index (χ0n) is 13.3. The maximum absolute atomic E-state index is 5.18. The minimum atomic E-state index is 0.147. The monoisotopic (exact) mass is 313 g/mol. The van der Waals surface area contributed by atoms with E-state index in [4.69, 9.17) is 4.52 Å². The second kappa shape index (κ2) is 5.69. The van der Waals surface area contributed by atoms with Crippen LogP contribution in [0.4, 0.5) is 0 Å². The first kappa shape index (κ1) is 14.3. The average molecular weight is 313 g/mol. The Kier molecular flexibility index (Phi) is 3.53. The first-order chi connectivity index (χ1) is 11.2. The summed E-state index contributed by atoms with van der Waals surface area (Å²) in [6.07, 6.45) is 3.50. The summed E-state index contributed by atoms with van der Waals surface area (Å²) in [4.78, 5) is 6.52. The number of fused-ring (bicyclic) bond motifs is 1. The summed E-state index contributed by atoms with van der Waals surface area (Å²) in [7, 11) is 0. The third kappa shape index (κ3) is 2.59. The van der Waals surface area contributed by atoms with Gasteiger partial charge in [-0.3, -0.25) is 4.90 Å². The number of hydrogen-bond acceptors (Lipinski definition) is 7. The van der Waals surface area contributed by atoms with Crippen molar-refractivity contribution in [1.82, 2.24) is 34.9 Å². The lowest BCUT2D eigenvalue weighted by Crippen LogP contribution is -2.35. The molecule has 0 amide bonds. The first-order valence-electron chi connectivity index (χ1n) is 7.92. The fourth-order valence-electron chi connectivity index (χ4n) is 3.22. The predicted octanol–water partition coefficient (Wildman–Crippen LogP) is 1.76. The second-order valence-corrected chi connectivity index (χ2v) is 6.07. The van der Waals surface area contributed by atoms with Gasteiger partial charge in [0.15, 0.2) is 17.8 Å². The van der Waals surface area contributed by atoms with Crippen molar-refractivity contribution in [2.24, 2.45) is 0 Å². The third-order valence-electron chi connectivity index (χ3n) is 4.60. The van der Waals surface area contributed by atoms with E-state index < -0.39 is 0 Å². The van der Waals surface area contributed by atoms with Crippen LogP contribution in [0.2, 0.25) is 0 Å². The highest BCUT2D eigenvalue weighted by Gasteiger charge is 2.29. The Labute approximate surface area is 133 Å². The Balaban J connectivity index is 1.49. The molecule has 23 heavy (non-hydrogen) atoms. The lowest BCUT2D eigenvalue weighted by Gasteiger charge is -2.33. The van der Waals surface area contributed by atoms with Crippen LogP contribution in [-0.2, 0) is 0 Å². The molecule has 0 aliphatic carbocycles. The van der Waals surface area contributed by atoms with Crippen LogP contribution in [0.15, 0.2) is 23.0 Å². The molecule has 4 rings (SSSR count). The van der Waals surface area contributed by atoms with Crippen LogP contribution < -0.4 is 0 Å². The van der Waals surface area contributed by atoms with Crippen LogP contribution in [0, 0.1) is 6.92 Å². The molecule has 3 aromatic rings. The Morgan fingerprint density at radius 2 is 2.04 bits per heavy atom. The van der Waals surface area contributed by atoms with Crippen LogP contribution in [0.25, 0.3) is 5.65 Å². The van der Waals surface area contributed by atoms with Crippen molar-refractivity contribution in [3.05, 3.63) is 35.9 Å². The number of likely N-dealkylation sites (tertiary alicyclic amines) is 1. The number of aryl methyl sites for hydroxylation is 1. The maximum atomic E-state index is 5.18. The van der Waals surface area contributed by atoms with E-state index in [2.05, 4.69) is 37.3 Å². The largest absolute Gasteiger partial charge is 0.338 e. The topological polar surface area (TPSA) is 85.2 Å². The van der Waals surface area contributed by atoms with E-state index in [1.165, 1.54) is 6.33 Å².